The minimum atomic E-state index is -0.217. The van der Waals surface area contributed by atoms with Crippen molar-refractivity contribution in [1.82, 2.24) is 0 Å². The van der Waals surface area contributed by atoms with Gasteiger partial charge in [-0.05, 0) is 28.1 Å². The van der Waals surface area contributed by atoms with Crippen molar-refractivity contribution >= 4 is 27.5 Å². The third-order valence-corrected chi connectivity index (χ3v) is 2.10. The fourth-order valence-corrected chi connectivity index (χ4v) is 1.61. The minimum Gasteiger partial charge on any atom is -0.506 e. The monoisotopic (exact) mass is 690 g/mol. The van der Waals surface area contributed by atoms with Crippen LogP contribution in [-0.4, -0.2) is 10.2 Å². The molecule has 6 heteroatoms. The maximum absolute atomic E-state index is 9.26. The molecule has 1 aromatic rings. The van der Waals surface area contributed by atoms with Crippen LogP contribution in [0.2, 0.25) is 5.02 Å². The molecular formula is C7H6Ac2BrClO2. The van der Waals surface area contributed by atoms with E-state index >= 15 is 0 Å². The zero-order valence-electron chi connectivity index (χ0n) is 6.67. The largest absolute Gasteiger partial charge is 0.506 e. The predicted molar refractivity (Wildman–Crippen MR) is 46.7 cm³/mol. The Labute approximate surface area is 162 Å². The van der Waals surface area contributed by atoms with Crippen LogP contribution >= 0.6 is 27.5 Å². The first kappa shape index (κ1) is 18.0. The van der Waals surface area contributed by atoms with E-state index in [1.54, 1.807) is 6.07 Å². The summed E-state index contributed by atoms with van der Waals surface area (Å²) in [5, 5.41) is 18.5. The molecule has 0 bridgehead atoms. The summed E-state index contributed by atoms with van der Waals surface area (Å²) in [6.07, 6.45) is 0. The maximum atomic E-state index is 9.26. The summed E-state index contributed by atoms with van der Waals surface area (Å²) < 4.78 is 0.494. The van der Waals surface area contributed by atoms with E-state index in [1.165, 1.54) is 6.07 Å². The van der Waals surface area contributed by atoms with E-state index in [2.05, 4.69) is 15.9 Å². The maximum Gasteiger partial charge on any atom is 0.135 e. The Morgan fingerprint density at radius 3 is 2.31 bits per heavy atom. The first-order valence-corrected chi connectivity index (χ1v) is 4.10. The molecule has 0 aliphatic heterocycles. The molecule has 2 N–H and O–H groups in total. The van der Waals surface area contributed by atoms with Crippen molar-refractivity contribution in [2.75, 3.05) is 0 Å². The first-order chi connectivity index (χ1) is 5.15. The molecule has 0 atom stereocenters. The van der Waals surface area contributed by atoms with Crippen molar-refractivity contribution in [1.29, 1.82) is 0 Å². The molecule has 2 nitrogen and oxygen atoms in total. The number of hydrogen-bond donors (Lipinski definition) is 2. The van der Waals surface area contributed by atoms with Gasteiger partial charge in [-0.1, -0.05) is 11.6 Å². The van der Waals surface area contributed by atoms with Gasteiger partial charge in [0.1, 0.15) is 5.75 Å². The Balaban J connectivity index is 0. The Morgan fingerprint density at radius 1 is 1.31 bits per heavy atom. The number of halogens is 2. The smallest absolute Gasteiger partial charge is 0.135 e. The summed E-state index contributed by atoms with van der Waals surface area (Å²) in [7, 11) is 0. The Kier molecular flexibility index (Phi) is 12.1. The third-order valence-electron chi connectivity index (χ3n) is 1.28. The SMILES string of the molecule is OCc1cc(Cl)cc(Br)c1O.[Ac].[Ac]. The van der Waals surface area contributed by atoms with Crippen molar-refractivity contribution in [3.05, 3.63) is 27.2 Å². The van der Waals surface area contributed by atoms with Gasteiger partial charge in [-0.3, -0.25) is 0 Å². The Morgan fingerprint density at radius 2 is 1.85 bits per heavy atom. The van der Waals surface area contributed by atoms with Crippen molar-refractivity contribution in [3.8, 4) is 5.75 Å². The number of phenols is 1. The van der Waals surface area contributed by atoms with Gasteiger partial charge in [0.05, 0.1) is 11.1 Å². The third kappa shape index (κ3) is 5.49. The molecule has 0 saturated carbocycles. The quantitative estimate of drug-likeness (QED) is 0.475. The zero-order valence-corrected chi connectivity index (χ0v) is 18.5. The van der Waals surface area contributed by atoms with Crippen LogP contribution in [0.15, 0.2) is 16.6 Å². The molecule has 0 aliphatic rings. The predicted octanol–water partition coefficient (Wildman–Crippen LogP) is 2.30. The van der Waals surface area contributed by atoms with Gasteiger partial charge < -0.3 is 10.2 Å². The van der Waals surface area contributed by atoms with Crippen LogP contribution < -0.4 is 0 Å². The number of aromatic hydroxyl groups is 1. The average molecular weight is 691 g/mol. The van der Waals surface area contributed by atoms with Gasteiger partial charge in [-0.25, -0.2) is 0 Å². The fourth-order valence-electron chi connectivity index (χ4n) is 0.740. The summed E-state index contributed by atoms with van der Waals surface area (Å²) in [5.74, 6) is 0.0388. The normalized spacial score (nSPS) is 8.54. The van der Waals surface area contributed by atoms with E-state index in [4.69, 9.17) is 16.7 Å². The molecule has 1 rings (SSSR count). The van der Waals surface area contributed by atoms with Crippen LogP contribution in [0.3, 0.4) is 0 Å². The van der Waals surface area contributed by atoms with Crippen molar-refractivity contribution in [2.24, 2.45) is 0 Å². The molecule has 2 radical (unpaired) electrons. The molecule has 0 aliphatic carbocycles. The molecule has 0 heterocycles. The van der Waals surface area contributed by atoms with Gasteiger partial charge in [-0.15, -0.1) is 0 Å². The molecule has 1 aromatic carbocycles. The number of aliphatic hydroxyl groups is 1. The first-order valence-electron chi connectivity index (χ1n) is 2.93. The molecular weight excluding hydrogens is 685 g/mol. The molecule has 0 aromatic heterocycles. The second-order valence-corrected chi connectivity index (χ2v) is 3.34. The summed E-state index contributed by atoms with van der Waals surface area (Å²) in [6.45, 7) is -0.217. The molecule has 0 saturated heterocycles. The Hall–Kier alpha value is 2.63. The number of hydrogen-bond acceptors (Lipinski definition) is 2. The van der Waals surface area contributed by atoms with E-state index in [0.717, 1.165) is 0 Å². The van der Waals surface area contributed by atoms with E-state index < -0.39 is 0 Å². The topological polar surface area (TPSA) is 40.5 Å². The van der Waals surface area contributed by atoms with Gasteiger partial charge in [0.15, 0.2) is 0 Å². The minimum absolute atomic E-state index is 0. The molecule has 0 spiro atoms. The summed E-state index contributed by atoms with van der Waals surface area (Å²) in [5.41, 5.74) is 0.421. The van der Waals surface area contributed by atoms with Crippen molar-refractivity contribution in [2.45, 2.75) is 6.61 Å². The second kappa shape index (κ2) is 8.75. The van der Waals surface area contributed by atoms with Gasteiger partial charge in [0, 0.05) is 98.7 Å². The van der Waals surface area contributed by atoms with Crippen LogP contribution in [-0.2, 0) is 6.61 Å². The fraction of sp³-hybridized carbons (Fsp3) is 0.143. The van der Waals surface area contributed by atoms with E-state index in [-0.39, 0.29) is 100 Å². The van der Waals surface area contributed by atoms with E-state index in [1.807, 2.05) is 0 Å². The van der Waals surface area contributed by atoms with Gasteiger partial charge in [0.2, 0.25) is 0 Å². The Bertz CT molecular complexity index is 283. The summed E-state index contributed by atoms with van der Waals surface area (Å²) >= 11 is 8.74. The average Bonchev–Trinajstić information content (AvgIpc) is 1.96. The molecule has 0 fully saturated rings. The van der Waals surface area contributed by atoms with E-state index in [9.17, 15) is 5.11 Å². The van der Waals surface area contributed by atoms with Gasteiger partial charge in [0.25, 0.3) is 0 Å². The summed E-state index contributed by atoms with van der Waals surface area (Å²) in [6, 6.07) is 3.08. The zero-order chi connectivity index (χ0) is 8.43. The standard InChI is InChI=1S/C7H6BrClO2.2Ac/c8-6-2-5(9)1-4(3-10)7(6)11;;/h1-2,10-11H,3H2;;. The van der Waals surface area contributed by atoms with Crippen molar-refractivity contribution in [3.63, 3.8) is 0 Å². The number of benzene rings is 1. The molecule has 66 valence electrons. The van der Waals surface area contributed by atoms with Crippen LogP contribution in [0.5, 0.6) is 5.75 Å². The van der Waals surface area contributed by atoms with E-state index in [0.29, 0.717) is 15.1 Å². The van der Waals surface area contributed by atoms with Crippen LogP contribution in [0.1, 0.15) is 5.56 Å². The second-order valence-electron chi connectivity index (χ2n) is 2.05. The number of aliphatic hydroxyl groups excluding tert-OH is 1. The number of rotatable bonds is 1. The molecule has 0 unspecified atom stereocenters. The van der Waals surface area contributed by atoms with Crippen LogP contribution in [0, 0.1) is 88.1 Å². The molecule has 13 heavy (non-hydrogen) atoms. The van der Waals surface area contributed by atoms with Crippen LogP contribution in [0.25, 0.3) is 0 Å². The van der Waals surface area contributed by atoms with Crippen LogP contribution in [0.4, 0.5) is 0 Å². The van der Waals surface area contributed by atoms with Crippen molar-refractivity contribution < 1.29 is 98.3 Å². The molecule has 0 amide bonds. The van der Waals surface area contributed by atoms with Gasteiger partial charge >= 0.3 is 0 Å². The van der Waals surface area contributed by atoms with Gasteiger partial charge in [-0.2, -0.15) is 0 Å². The summed E-state index contributed by atoms with van der Waals surface area (Å²) in [4.78, 5) is 0.